The molecule has 2 heterocycles. The third-order valence-corrected chi connectivity index (χ3v) is 4.11. The average molecular weight is 276 g/mol. The van der Waals surface area contributed by atoms with Crippen molar-refractivity contribution in [1.82, 2.24) is 4.90 Å². The lowest BCUT2D eigenvalue weighted by molar-refractivity contribution is -0.142. The van der Waals surface area contributed by atoms with Gasteiger partial charge in [-0.2, -0.15) is 0 Å². The second-order valence-corrected chi connectivity index (χ2v) is 5.58. The van der Waals surface area contributed by atoms with Crippen molar-refractivity contribution in [2.24, 2.45) is 11.7 Å². The highest BCUT2D eigenvalue weighted by atomic mass is 16.6. The lowest BCUT2D eigenvalue weighted by Gasteiger charge is -2.37. The molecule has 0 aromatic heterocycles. The van der Waals surface area contributed by atoms with Crippen LogP contribution in [0.4, 0.5) is 0 Å². The zero-order valence-corrected chi connectivity index (χ0v) is 11.6. The molecule has 5 heteroatoms. The molecule has 20 heavy (non-hydrogen) atoms. The fraction of sp³-hybridized carbons (Fsp3) is 0.533. The van der Waals surface area contributed by atoms with Gasteiger partial charge in [0.2, 0.25) is 6.10 Å². The summed E-state index contributed by atoms with van der Waals surface area (Å²) in [5.74, 6) is 1.76. The highest BCUT2D eigenvalue weighted by molar-refractivity contribution is 5.82. The van der Waals surface area contributed by atoms with Crippen LogP contribution in [0.2, 0.25) is 0 Å². The Kier molecular flexibility index (Phi) is 3.53. The molecule has 0 spiro atoms. The maximum absolute atomic E-state index is 12.5. The smallest absolute Gasteiger partial charge is 0.267 e. The van der Waals surface area contributed by atoms with Crippen LogP contribution in [-0.2, 0) is 4.79 Å². The summed E-state index contributed by atoms with van der Waals surface area (Å²) in [5.41, 5.74) is 6.05. The number of hydrogen-bond acceptors (Lipinski definition) is 4. The van der Waals surface area contributed by atoms with E-state index in [1.165, 1.54) is 0 Å². The molecule has 2 N–H and O–H groups in total. The molecule has 2 aliphatic heterocycles. The van der Waals surface area contributed by atoms with Crippen LogP contribution in [0.1, 0.15) is 13.3 Å². The van der Waals surface area contributed by atoms with Crippen LogP contribution in [0.25, 0.3) is 0 Å². The maximum Gasteiger partial charge on any atom is 0.267 e. The van der Waals surface area contributed by atoms with Gasteiger partial charge >= 0.3 is 0 Å². The molecule has 1 saturated heterocycles. The van der Waals surface area contributed by atoms with E-state index in [-0.39, 0.29) is 18.6 Å². The van der Waals surface area contributed by atoms with Crippen molar-refractivity contribution in [3.8, 4) is 11.5 Å². The Morgan fingerprint density at radius 3 is 2.85 bits per heavy atom. The highest BCUT2D eigenvalue weighted by Crippen LogP contribution is 2.31. The van der Waals surface area contributed by atoms with Crippen LogP contribution < -0.4 is 15.2 Å². The van der Waals surface area contributed by atoms with E-state index in [1.807, 2.05) is 24.3 Å². The lowest BCUT2D eigenvalue weighted by Crippen LogP contribution is -2.54. The summed E-state index contributed by atoms with van der Waals surface area (Å²) in [6, 6.07) is 7.46. The van der Waals surface area contributed by atoms with Crippen LogP contribution in [-0.4, -0.2) is 42.6 Å². The summed E-state index contributed by atoms with van der Waals surface area (Å²) in [4.78, 5) is 14.3. The van der Waals surface area contributed by atoms with Crippen molar-refractivity contribution < 1.29 is 14.3 Å². The third kappa shape index (κ3) is 2.45. The Balaban J connectivity index is 1.67. The quantitative estimate of drug-likeness (QED) is 0.832. The van der Waals surface area contributed by atoms with E-state index < -0.39 is 6.10 Å². The fourth-order valence-corrected chi connectivity index (χ4v) is 2.64. The summed E-state index contributed by atoms with van der Waals surface area (Å²) >= 11 is 0. The average Bonchev–Trinajstić information content (AvgIpc) is 2.49. The Hall–Kier alpha value is -1.75. The SMILES string of the molecule is CC1CCN(C(=O)C2COc3ccccc3O2)CC1N. The second-order valence-electron chi connectivity index (χ2n) is 5.58. The van der Waals surface area contributed by atoms with Crippen molar-refractivity contribution in [2.75, 3.05) is 19.7 Å². The highest BCUT2D eigenvalue weighted by Gasteiger charge is 2.34. The van der Waals surface area contributed by atoms with Gasteiger partial charge in [-0.3, -0.25) is 4.79 Å². The van der Waals surface area contributed by atoms with E-state index in [9.17, 15) is 4.79 Å². The summed E-state index contributed by atoms with van der Waals surface area (Å²) in [6.07, 6.45) is 0.377. The van der Waals surface area contributed by atoms with Crippen LogP contribution in [0.5, 0.6) is 11.5 Å². The topological polar surface area (TPSA) is 64.8 Å². The molecule has 0 saturated carbocycles. The van der Waals surface area contributed by atoms with Gasteiger partial charge in [-0.1, -0.05) is 19.1 Å². The van der Waals surface area contributed by atoms with Gasteiger partial charge < -0.3 is 20.1 Å². The molecule has 1 fully saturated rings. The number of amides is 1. The Bertz CT molecular complexity index is 506. The summed E-state index contributed by atoms with van der Waals surface area (Å²) in [5, 5.41) is 0. The minimum atomic E-state index is -0.564. The molecule has 3 atom stereocenters. The normalized spacial score (nSPS) is 29.1. The van der Waals surface area contributed by atoms with Crippen molar-refractivity contribution in [1.29, 1.82) is 0 Å². The van der Waals surface area contributed by atoms with E-state index in [0.717, 1.165) is 13.0 Å². The predicted molar refractivity (Wildman–Crippen MR) is 74.7 cm³/mol. The number of benzene rings is 1. The van der Waals surface area contributed by atoms with E-state index in [1.54, 1.807) is 4.90 Å². The summed E-state index contributed by atoms with van der Waals surface area (Å²) in [7, 11) is 0. The lowest BCUT2D eigenvalue weighted by atomic mass is 9.94. The monoisotopic (exact) mass is 276 g/mol. The zero-order valence-electron chi connectivity index (χ0n) is 11.6. The van der Waals surface area contributed by atoms with E-state index in [0.29, 0.717) is 24.0 Å². The molecule has 3 rings (SSSR count). The van der Waals surface area contributed by atoms with E-state index in [2.05, 4.69) is 6.92 Å². The molecular formula is C15H20N2O3. The van der Waals surface area contributed by atoms with Crippen LogP contribution in [0, 0.1) is 5.92 Å². The van der Waals surface area contributed by atoms with Gasteiger partial charge in [-0.15, -0.1) is 0 Å². The van der Waals surface area contributed by atoms with Gasteiger partial charge in [0, 0.05) is 19.1 Å². The standard InChI is InChI=1S/C15H20N2O3/c1-10-6-7-17(8-11(10)16)15(18)14-9-19-12-4-2-3-5-13(12)20-14/h2-5,10-11,14H,6-9,16H2,1H3. The number of rotatable bonds is 1. The number of nitrogens with zero attached hydrogens (tertiary/aromatic N) is 1. The molecule has 5 nitrogen and oxygen atoms in total. The number of carbonyl (C=O) groups excluding carboxylic acids is 1. The number of hydrogen-bond donors (Lipinski definition) is 1. The number of para-hydroxylation sites is 2. The Morgan fingerprint density at radius 2 is 2.10 bits per heavy atom. The number of carbonyl (C=O) groups is 1. The molecular weight excluding hydrogens is 256 g/mol. The molecule has 2 aliphatic rings. The molecule has 0 aliphatic carbocycles. The zero-order chi connectivity index (χ0) is 14.1. The number of piperidine rings is 1. The van der Waals surface area contributed by atoms with Crippen molar-refractivity contribution in [3.63, 3.8) is 0 Å². The van der Waals surface area contributed by atoms with Gasteiger partial charge in [-0.05, 0) is 24.5 Å². The van der Waals surface area contributed by atoms with Crippen LogP contribution in [0.15, 0.2) is 24.3 Å². The molecule has 0 radical (unpaired) electrons. The third-order valence-electron chi connectivity index (χ3n) is 4.11. The van der Waals surface area contributed by atoms with Crippen molar-refractivity contribution in [3.05, 3.63) is 24.3 Å². The van der Waals surface area contributed by atoms with E-state index in [4.69, 9.17) is 15.2 Å². The van der Waals surface area contributed by atoms with Crippen molar-refractivity contribution >= 4 is 5.91 Å². The maximum atomic E-state index is 12.5. The number of likely N-dealkylation sites (tertiary alicyclic amines) is 1. The number of nitrogens with two attached hydrogens (primary N) is 1. The minimum absolute atomic E-state index is 0.0261. The first-order valence-corrected chi connectivity index (χ1v) is 7.08. The predicted octanol–water partition coefficient (Wildman–Crippen LogP) is 1.02. The molecule has 1 aromatic rings. The molecule has 108 valence electrons. The second kappa shape index (κ2) is 5.32. The van der Waals surface area contributed by atoms with Crippen molar-refractivity contribution in [2.45, 2.75) is 25.5 Å². The van der Waals surface area contributed by atoms with Gasteiger partial charge in [0.1, 0.15) is 6.61 Å². The molecule has 1 amide bonds. The van der Waals surface area contributed by atoms with Gasteiger partial charge in [0.05, 0.1) is 0 Å². The summed E-state index contributed by atoms with van der Waals surface area (Å²) in [6.45, 7) is 3.73. The molecule has 0 bridgehead atoms. The first-order valence-electron chi connectivity index (χ1n) is 7.08. The Labute approximate surface area is 118 Å². The molecule has 1 aromatic carbocycles. The number of fused-ring (bicyclic) bond motifs is 1. The summed E-state index contributed by atoms with van der Waals surface area (Å²) < 4.78 is 11.3. The first kappa shape index (κ1) is 13.2. The van der Waals surface area contributed by atoms with E-state index >= 15 is 0 Å². The molecule has 3 unspecified atom stereocenters. The van der Waals surface area contributed by atoms with Gasteiger partial charge in [0.15, 0.2) is 11.5 Å². The Morgan fingerprint density at radius 1 is 1.35 bits per heavy atom. The van der Waals surface area contributed by atoms with Crippen LogP contribution in [0.3, 0.4) is 0 Å². The van der Waals surface area contributed by atoms with Crippen LogP contribution >= 0.6 is 0 Å². The van der Waals surface area contributed by atoms with Gasteiger partial charge in [0.25, 0.3) is 5.91 Å². The largest absolute Gasteiger partial charge is 0.485 e. The fourth-order valence-electron chi connectivity index (χ4n) is 2.64. The number of ether oxygens (including phenoxy) is 2. The van der Waals surface area contributed by atoms with Gasteiger partial charge in [-0.25, -0.2) is 0 Å². The minimum Gasteiger partial charge on any atom is -0.485 e. The first-order chi connectivity index (χ1) is 9.65.